The average Bonchev–Trinajstić information content (AvgIpc) is 3.44. The van der Waals surface area contributed by atoms with Gasteiger partial charge in [-0.05, 0) is 74.3 Å². The van der Waals surface area contributed by atoms with Crippen molar-refractivity contribution in [3.8, 4) is 28.7 Å². The fourth-order valence-corrected chi connectivity index (χ4v) is 4.36. The van der Waals surface area contributed by atoms with Crippen LogP contribution in [0.2, 0.25) is 5.02 Å². The van der Waals surface area contributed by atoms with Crippen molar-refractivity contribution in [2.45, 2.75) is 32.4 Å². The lowest BCUT2D eigenvalue weighted by atomic mass is 10.0. The zero-order chi connectivity index (χ0) is 22.1. The maximum atomic E-state index is 10.9. The Morgan fingerprint density at radius 3 is 2.56 bits per heavy atom. The maximum Gasteiger partial charge on any atom is 0.248 e. The molecule has 0 radical (unpaired) electrons. The molecule has 7 nitrogen and oxygen atoms in total. The van der Waals surface area contributed by atoms with Crippen molar-refractivity contribution < 1.29 is 13.9 Å². The van der Waals surface area contributed by atoms with E-state index in [4.69, 9.17) is 20.8 Å². The van der Waals surface area contributed by atoms with Crippen LogP contribution >= 0.6 is 11.6 Å². The summed E-state index contributed by atoms with van der Waals surface area (Å²) in [7, 11) is 0. The second kappa shape index (κ2) is 8.92. The number of aromatic nitrogens is 2. The number of nitrogens with zero attached hydrogens (tertiary/aromatic N) is 4. The topological polar surface area (TPSA) is 71.7 Å². The van der Waals surface area contributed by atoms with Crippen LogP contribution in [-0.4, -0.2) is 58.7 Å². The fraction of sp³-hybridized carbons (Fsp3) is 0.375. The highest BCUT2D eigenvalue weighted by atomic mass is 35.5. The van der Waals surface area contributed by atoms with E-state index in [1.165, 1.54) is 12.8 Å². The number of carbonyl (C=O) groups excluding carboxylic acids is 1. The van der Waals surface area contributed by atoms with Crippen LogP contribution in [-0.2, 0) is 11.3 Å². The Morgan fingerprint density at radius 2 is 1.84 bits per heavy atom. The van der Waals surface area contributed by atoms with Crippen LogP contribution in [0, 0.1) is 6.92 Å². The van der Waals surface area contributed by atoms with Crippen LogP contribution in [0.15, 0.2) is 40.8 Å². The van der Waals surface area contributed by atoms with Gasteiger partial charge in [0.05, 0.1) is 13.1 Å². The molecular formula is C24H25ClN4O3. The normalized spacial score (nSPS) is 16.9. The fourth-order valence-electron chi connectivity index (χ4n) is 4.24. The first-order valence-corrected chi connectivity index (χ1v) is 11.3. The van der Waals surface area contributed by atoms with Crippen LogP contribution in [0.3, 0.4) is 0 Å². The van der Waals surface area contributed by atoms with Crippen molar-refractivity contribution in [3.63, 3.8) is 0 Å². The third-order valence-electron chi connectivity index (χ3n) is 6.06. The van der Waals surface area contributed by atoms with Crippen LogP contribution < -0.4 is 4.74 Å². The summed E-state index contributed by atoms with van der Waals surface area (Å²) in [6.07, 6.45) is 3.31. The summed E-state index contributed by atoms with van der Waals surface area (Å²) in [6, 6.07) is 11.5. The zero-order valence-electron chi connectivity index (χ0n) is 18.0. The predicted octanol–water partition coefficient (Wildman–Crippen LogP) is 4.18. The Bertz CT molecular complexity index is 1100. The molecule has 0 bridgehead atoms. The smallest absolute Gasteiger partial charge is 0.248 e. The molecule has 0 N–H and O–H groups in total. The number of amides is 1. The summed E-state index contributed by atoms with van der Waals surface area (Å²) in [5, 5.41) is 9.28. The summed E-state index contributed by atoms with van der Waals surface area (Å²) in [5.41, 5.74) is 3.91. The Hall–Kier alpha value is -2.90. The largest absolute Gasteiger partial charge is 0.486 e. The molecule has 3 aromatic rings. The van der Waals surface area contributed by atoms with Gasteiger partial charge >= 0.3 is 0 Å². The van der Waals surface area contributed by atoms with Crippen molar-refractivity contribution in [1.29, 1.82) is 0 Å². The minimum atomic E-state index is 0.00324. The number of carbonyl (C=O) groups is 1. The second-order valence-corrected chi connectivity index (χ2v) is 8.91. The van der Waals surface area contributed by atoms with E-state index >= 15 is 0 Å². The standard InChI is InChI=1S/C24H25ClN4O3/c1-16-10-18(12-28-8-2-3-9-28)21(11-22(16)31-20-13-29(14-20)15-30)24-27-26-23(32-24)17-4-6-19(25)7-5-17/h4-7,10-11,15,20H,2-3,8-9,12-14H2,1H3. The molecular weight excluding hydrogens is 428 g/mol. The van der Waals surface area contributed by atoms with Gasteiger partial charge in [-0.1, -0.05) is 17.7 Å². The van der Waals surface area contributed by atoms with Gasteiger partial charge in [-0.2, -0.15) is 0 Å². The molecule has 0 saturated carbocycles. The third-order valence-corrected chi connectivity index (χ3v) is 6.31. The van der Waals surface area contributed by atoms with Gasteiger partial charge in [-0.3, -0.25) is 9.69 Å². The van der Waals surface area contributed by atoms with Gasteiger partial charge in [0.1, 0.15) is 11.9 Å². The minimum Gasteiger partial charge on any atom is -0.486 e. The van der Waals surface area contributed by atoms with Gasteiger partial charge in [0.15, 0.2) is 0 Å². The molecule has 3 heterocycles. The number of hydrogen-bond acceptors (Lipinski definition) is 6. The van der Waals surface area contributed by atoms with Gasteiger partial charge in [0.2, 0.25) is 18.2 Å². The SMILES string of the molecule is Cc1cc(CN2CCCC2)c(-c2nnc(-c3ccc(Cl)cc3)o2)cc1OC1CN(C=O)C1. The first-order chi connectivity index (χ1) is 15.6. The molecule has 2 saturated heterocycles. The third kappa shape index (κ3) is 4.36. The van der Waals surface area contributed by atoms with E-state index in [-0.39, 0.29) is 6.10 Å². The molecule has 0 spiro atoms. The molecule has 2 fully saturated rings. The van der Waals surface area contributed by atoms with Gasteiger partial charge in [0, 0.05) is 22.7 Å². The molecule has 1 aromatic heterocycles. The number of benzene rings is 2. The minimum absolute atomic E-state index is 0.00324. The van der Waals surface area contributed by atoms with Crippen molar-refractivity contribution in [1.82, 2.24) is 20.0 Å². The van der Waals surface area contributed by atoms with Crippen LogP contribution in [0.25, 0.3) is 22.9 Å². The van der Waals surface area contributed by atoms with E-state index in [0.29, 0.717) is 29.9 Å². The lowest BCUT2D eigenvalue weighted by molar-refractivity contribution is -0.126. The molecule has 0 unspecified atom stereocenters. The number of ether oxygens (including phenoxy) is 1. The predicted molar refractivity (Wildman–Crippen MR) is 121 cm³/mol. The summed E-state index contributed by atoms with van der Waals surface area (Å²) < 4.78 is 12.3. The van der Waals surface area contributed by atoms with Crippen molar-refractivity contribution in [3.05, 3.63) is 52.5 Å². The molecule has 1 amide bonds. The number of halogens is 1. The van der Waals surface area contributed by atoms with E-state index in [2.05, 4.69) is 28.1 Å². The highest BCUT2D eigenvalue weighted by Crippen LogP contribution is 2.34. The molecule has 2 aliphatic rings. The Morgan fingerprint density at radius 1 is 1.12 bits per heavy atom. The molecule has 8 heteroatoms. The number of likely N-dealkylation sites (tertiary alicyclic amines) is 2. The van der Waals surface area contributed by atoms with E-state index in [1.807, 2.05) is 18.2 Å². The Labute approximate surface area is 191 Å². The van der Waals surface area contributed by atoms with Gasteiger partial charge in [0.25, 0.3) is 0 Å². The van der Waals surface area contributed by atoms with Crippen molar-refractivity contribution in [2.75, 3.05) is 26.2 Å². The quantitative estimate of drug-likeness (QED) is 0.501. The van der Waals surface area contributed by atoms with Crippen LogP contribution in [0.5, 0.6) is 5.75 Å². The summed E-state index contributed by atoms with van der Waals surface area (Å²) >= 11 is 6.00. The summed E-state index contributed by atoms with van der Waals surface area (Å²) in [4.78, 5) is 15.0. The second-order valence-electron chi connectivity index (χ2n) is 8.48. The molecule has 0 atom stereocenters. The van der Waals surface area contributed by atoms with Crippen molar-refractivity contribution in [2.24, 2.45) is 0 Å². The molecule has 2 aliphatic heterocycles. The van der Waals surface area contributed by atoms with Crippen molar-refractivity contribution >= 4 is 18.0 Å². The number of hydrogen-bond donors (Lipinski definition) is 0. The lowest BCUT2D eigenvalue weighted by Gasteiger charge is -2.36. The van der Waals surface area contributed by atoms with Crippen LogP contribution in [0.4, 0.5) is 0 Å². The van der Waals surface area contributed by atoms with E-state index in [0.717, 1.165) is 54.0 Å². The first kappa shape index (κ1) is 21.0. The molecule has 32 heavy (non-hydrogen) atoms. The van der Waals surface area contributed by atoms with Gasteiger partial charge in [-0.25, -0.2) is 0 Å². The van der Waals surface area contributed by atoms with Gasteiger partial charge in [-0.15, -0.1) is 10.2 Å². The molecule has 166 valence electrons. The summed E-state index contributed by atoms with van der Waals surface area (Å²) in [5.74, 6) is 1.71. The maximum absolute atomic E-state index is 10.9. The highest BCUT2D eigenvalue weighted by Gasteiger charge is 2.28. The monoisotopic (exact) mass is 452 g/mol. The number of aryl methyl sites for hydroxylation is 1. The Kier molecular flexibility index (Phi) is 5.85. The molecule has 0 aliphatic carbocycles. The number of rotatable bonds is 7. The lowest BCUT2D eigenvalue weighted by Crippen LogP contribution is -2.52. The van der Waals surface area contributed by atoms with E-state index in [1.54, 1.807) is 17.0 Å². The summed E-state index contributed by atoms with van der Waals surface area (Å²) in [6.45, 7) is 6.29. The highest BCUT2D eigenvalue weighted by molar-refractivity contribution is 6.30. The van der Waals surface area contributed by atoms with E-state index in [9.17, 15) is 4.79 Å². The van der Waals surface area contributed by atoms with E-state index < -0.39 is 0 Å². The first-order valence-electron chi connectivity index (χ1n) is 10.9. The average molecular weight is 453 g/mol. The Balaban J connectivity index is 1.47. The molecule has 2 aromatic carbocycles. The zero-order valence-corrected chi connectivity index (χ0v) is 18.7. The molecule has 5 rings (SSSR count). The van der Waals surface area contributed by atoms with Crippen LogP contribution in [0.1, 0.15) is 24.0 Å². The van der Waals surface area contributed by atoms with Gasteiger partial charge < -0.3 is 14.1 Å².